The van der Waals surface area contributed by atoms with Crippen LogP contribution >= 0.6 is 12.2 Å². The first-order chi connectivity index (χ1) is 9.61. The van der Waals surface area contributed by atoms with E-state index in [0.29, 0.717) is 23.4 Å². The van der Waals surface area contributed by atoms with Gasteiger partial charge in [0.2, 0.25) is 5.91 Å². The molecule has 3 N–H and O–H groups in total. The third-order valence-corrected chi connectivity index (χ3v) is 3.43. The second-order valence-corrected chi connectivity index (χ2v) is 5.07. The van der Waals surface area contributed by atoms with Crippen LogP contribution in [0.3, 0.4) is 0 Å². The number of rotatable bonds is 5. The number of thiocarbonyl (C=S) groups is 1. The predicted molar refractivity (Wildman–Crippen MR) is 81.1 cm³/mol. The van der Waals surface area contributed by atoms with E-state index >= 15 is 0 Å². The van der Waals surface area contributed by atoms with E-state index in [1.54, 1.807) is 18.2 Å². The third-order valence-electron chi connectivity index (χ3n) is 3.21. The number of hydrogen-bond donors (Lipinski definition) is 2. The van der Waals surface area contributed by atoms with E-state index in [9.17, 15) is 4.79 Å². The lowest BCUT2D eigenvalue weighted by Crippen LogP contribution is -2.22. The van der Waals surface area contributed by atoms with Crippen molar-refractivity contribution >= 4 is 28.8 Å². The van der Waals surface area contributed by atoms with Gasteiger partial charge < -0.3 is 20.5 Å². The van der Waals surface area contributed by atoms with E-state index in [2.05, 4.69) is 5.32 Å². The molecular weight excluding hydrogens is 276 g/mol. The summed E-state index contributed by atoms with van der Waals surface area (Å²) in [6.45, 7) is 0.727. The van der Waals surface area contributed by atoms with Crippen molar-refractivity contribution < 1.29 is 14.3 Å². The minimum absolute atomic E-state index is 0.00187. The molecule has 20 heavy (non-hydrogen) atoms. The molecule has 1 aliphatic heterocycles. The van der Waals surface area contributed by atoms with Crippen LogP contribution in [0.15, 0.2) is 18.2 Å². The Hall–Kier alpha value is -1.66. The maximum Gasteiger partial charge on any atom is 0.227 e. The first-order valence-corrected chi connectivity index (χ1v) is 6.91. The fraction of sp³-hybridized carbons (Fsp3) is 0.429. The number of methoxy groups -OCH3 is 1. The second-order valence-electron chi connectivity index (χ2n) is 4.63. The van der Waals surface area contributed by atoms with Crippen LogP contribution in [-0.4, -0.2) is 30.7 Å². The largest absolute Gasteiger partial charge is 0.495 e. The summed E-state index contributed by atoms with van der Waals surface area (Å²) in [5, 5.41) is 2.83. The number of amides is 1. The van der Waals surface area contributed by atoms with Crippen molar-refractivity contribution in [2.75, 3.05) is 19.0 Å². The molecule has 1 aliphatic rings. The van der Waals surface area contributed by atoms with Crippen molar-refractivity contribution in [1.29, 1.82) is 0 Å². The maximum atomic E-state index is 12.1. The van der Waals surface area contributed by atoms with Gasteiger partial charge in [-0.3, -0.25) is 4.79 Å². The molecule has 0 bridgehead atoms. The summed E-state index contributed by atoms with van der Waals surface area (Å²) in [6.07, 6.45) is 2.25. The van der Waals surface area contributed by atoms with Crippen LogP contribution in [0.5, 0.6) is 5.75 Å². The highest BCUT2D eigenvalue weighted by atomic mass is 32.1. The third kappa shape index (κ3) is 3.46. The Balaban J connectivity index is 2.14. The van der Waals surface area contributed by atoms with E-state index in [4.69, 9.17) is 27.4 Å². The predicted octanol–water partition coefficient (Wildman–Crippen LogP) is 1.84. The summed E-state index contributed by atoms with van der Waals surface area (Å²) in [5.41, 5.74) is 6.79. The van der Waals surface area contributed by atoms with Crippen LogP contribution in [0.2, 0.25) is 0 Å². The topological polar surface area (TPSA) is 73.6 Å². The molecule has 6 heteroatoms. The van der Waals surface area contributed by atoms with E-state index in [1.807, 2.05) is 0 Å². The van der Waals surface area contributed by atoms with Gasteiger partial charge in [-0.15, -0.1) is 0 Å². The Kier molecular flexibility index (Phi) is 4.92. The molecule has 1 aromatic carbocycles. The minimum Gasteiger partial charge on any atom is -0.495 e. The monoisotopic (exact) mass is 294 g/mol. The van der Waals surface area contributed by atoms with Crippen molar-refractivity contribution in [3.8, 4) is 5.75 Å². The highest BCUT2D eigenvalue weighted by molar-refractivity contribution is 7.80. The van der Waals surface area contributed by atoms with Gasteiger partial charge in [-0.2, -0.15) is 0 Å². The first kappa shape index (κ1) is 14.7. The van der Waals surface area contributed by atoms with Crippen molar-refractivity contribution in [2.24, 2.45) is 5.73 Å². The highest BCUT2D eigenvalue weighted by Gasteiger charge is 2.21. The lowest BCUT2D eigenvalue weighted by Gasteiger charge is -2.15. The molecule has 2 rings (SSSR count). The van der Waals surface area contributed by atoms with Crippen molar-refractivity contribution in [2.45, 2.75) is 25.4 Å². The Morgan fingerprint density at radius 1 is 1.60 bits per heavy atom. The quantitative estimate of drug-likeness (QED) is 0.811. The molecule has 1 unspecified atom stereocenters. The number of carbonyl (C=O) groups is 1. The standard InChI is InChI=1S/C14H18N2O3S/c1-18-11-6-2-5-10(14(15)20)13(11)16-12(17)8-9-4-3-7-19-9/h2,5-6,9H,3-4,7-8H2,1H3,(H2,15,20)(H,16,17). The molecule has 1 atom stereocenters. The summed E-state index contributed by atoms with van der Waals surface area (Å²) in [7, 11) is 1.54. The maximum absolute atomic E-state index is 12.1. The van der Waals surface area contributed by atoms with Gasteiger partial charge in [0.1, 0.15) is 10.7 Å². The molecule has 0 aliphatic carbocycles. The number of para-hydroxylation sites is 1. The van der Waals surface area contributed by atoms with Gasteiger partial charge in [0.05, 0.1) is 25.3 Å². The molecule has 1 amide bonds. The molecule has 1 fully saturated rings. The number of carbonyl (C=O) groups excluding carboxylic acids is 1. The zero-order valence-corrected chi connectivity index (χ0v) is 12.2. The van der Waals surface area contributed by atoms with Crippen molar-refractivity contribution in [3.05, 3.63) is 23.8 Å². The Morgan fingerprint density at radius 2 is 2.40 bits per heavy atom. The molecule has 1 saturated heterocycles. The lowest BCUT2D eigenvalue weighted by atomic mass is 10.1. The number of hydrogen-bond acceptors (Lipinski definition) is 4. The zero-order chi connectivity index (χ0) is 14.5. The summed E-state index contributed by atoms with van der Waals surface area (Å²) in [5.74, 6) is 0.412. The number of anilines is 1. The van der Waals surface area contributed by atoms with Crippen LogP contribution in [0, 0.1) is 0 Å². The molecular formula is C14H18N2O3S. The molecule has 1 aromatic rings. The molecule has 5 nitrogen and oxygen atoms in total. The van der Waals surface area contributed by atoms with Crippen LogP contribution < -0.4 is 15.8 Å². The van der Waals surface area contributed by atoms with Crippen LogP contribution in [0.4, 0.5) is 5.69 Å². The molecule has 0 radical (unpaired) electrons. The van der Waals surface area contributed by atoms with E-state index in [1.165, 1.54) is 7.11 Å². The normalized spacial score (nSPS) is 17.8. The number of nitrogens with two attached hydrogens (primary N) is 1. The van der Waals surface area contributed by atoms with Gasteiger partial charge >= 0.3 is 0 Å². The summed E-state index contributed by atoms with van der Waals surface area (Å²) in [4.78, 5) is 12.3. The summed E-state index contributed by atoms with van der Waals surface area (Å²) < 4.78 is 10.7. The fourth-order valence-corrected chi connectivity index (χ4v) is 2.41. The van der Waals surface area contributed by atoms with Crippen molar-refractivity contribution in [1.82, 2.24) is 0 Å². The molecule has 108 valence electrons. The number of benzene rings is 1. The Morgan fingerprint density at radius 3 is 3.00 bits per heavy atom. The van der Waals surface area contributed by atoms with Crippen LogP contribution in [0.25, 0.3) is 0 Å². The molecule has 0 spiro atoms. The lowest BCUT2D eigenvalue weighted by molar-refractivity contribution is -0.118. The van der Waals surface area contributed by atoms with Crippen LogP contribution in [0.1, 0.15) is 24.8 Å². The first-order valence-electron chi connectivity index (χ1n) is 6.50. The van der Waals surface area contributed by atoms with Gasteiger partial charge in [-0.1, -0.05) is 18.3 Å². The van der Waals surface area contributed by atoms with E-state index in [-0.39, 0.29) is 17.0 Å². The number of ether oxygens (including phenoxy) is 2. The Bertz CT molecular complexity index is 513. The average Bonchev–Trinajstić information content (AvgIpc) is 2.91. The minimum atomic E-state index is -0.126. The molecule has 0 saturated carbocycles. The smallest absolute Gasteiger partial charge is 0.227 e. The van der Waals surface area contributed by atoms with Gasteiger partial charge in [-0.05, 0) is 25.0 Å². The molecule has 1 heterocycles. The van der Waals surface area contributed by atoms with E-state index in [0.717, 1.165) is 19.4 Å². The van der Waals surface area contributed by atoms with Gasteiger partial charge in [0.25, 0.3) is 0 Å². The second kappa shape index (κ2) is 6.67. The van der Waals surface area contributed by atoms with Gasteiger partial charge in [-0.25, -0.2) is 0 Å². The average molecular weight is 294 g/mol. The van der Waals surface area contributed by atoms with Gasteiger partial charge in [0, 0.05) is 12.2 Å². The Labute approximate surface area is 123 Å². The number of nitrogens with one attached hydrogen (secondary N) is 1. The van der Waals surface area contributed by atoms with Crippen molar-refractivity contribution in [3.63, 3.8) is 0 Å². The molecule has 0 aromatic heterocycles. The SMILES string of the molecule is COc1cccc(C(N)=S)c1NC(=O)CC1CCCO1. The van der Waals surface area contributed by atoms with E-state index < -0.39 is 0 Å². The summed E-state index contributed by atoms with van der Waals surface area (Å²) in [6, 6.07) is 5.29. The summed E-state index contributed by atoms with van der Waals surface area (Å²) >= 11 is 5.00. The highest BCUT2D eigenvalue weighted by Crippen LogP contribution is 2.29. The van der Waals surface area contributed by atoms with Gasteiger partial charge in [0.15, 0.2) is 0 Å². The fourth-order valence-electron chi connectivity index (χ4n) is 2.24. The van der Waals surface area contributed by atoms with Crippen LogP contribution in [-0.2, 0) is 9.53 Å². The zero-order valence-electron chi connectivity index (χ0n) is 11.3.